The van der Waals surface area contributed by atoms with Crippen molar-refractivity contribution in [2.24, 2.45) is 0 Å². The molecule has 2 aliphatic rings. The van der Waals surface area contributed by atoms with Gasteiger partial charge in [0, 0.05) is 29.8 Å². The Morgan fingerprint density at radius 1 is 1.03 bits per heavy atom. The van der Waals surface area contributed by atoms with Crippen LogP contribution in [-0.2, 0) is 9.59 Å². The van der Waals surface area contributed by atoms with Gasteiger partial charge in [-0.15, -0.1) is 0 Å². The van der Waals surface area contributed by atoms with E-state index in [4.69, 9.17) is 14.2 Å². The summed E-state index contributed by atoms with van der Waals surface area (Å²) in [7, 11) is 4.39. The Kier molecular flexibility index (Phi) is 5.99. The number of β-amino-alcohol motifs (C(OH)–C–C–N with tert-alkyl or cyclic N) is 1. The highest BCUT2D eigenvalue weighted by atomic mass is 19.1. The number of halogens is 1. The molecule has 9 heteroatoms. The van der Waals surface area contributed by atoms with Crippen molar-refractivity contribution in [2.75, 3.05) is 39.4 Å². The Labute approximate surface area is 190 Å². The summed E-state index contributed by atoms with van der Waals surface area (Å²) in [4.78, 5) is 27.9. The summed E-state index contributed by atoms with van der Waals surface area (Å²) in [5.41, 5.74) is 2.10. The molecule has 2 unspecified atom stereocenters. The number of aliphatic hydroxyl groups is 1. The molecule has 174 valence electrons. The molecule has 2 aromatic carbocycles. The van der Waals surface area contributed by atoms with Gasteiger partial charge in [0.05, 0.1) is 33.5 Å². The number of amides is 2. The predicted molar refractivity (Wildman–Crippen MR) is 119 cm³/mol. The number of ether oxygens (including phenoxy) is 3. The molecule has 0 saturated heterocycles. The summed E-state index contributed by atoms with van der Waals surface area (Å²) in [6, 6.07) is 7.25. The lowest BCUT2D eigenvalue weighted by molar-refractivity contribution is -0.123. The second-order valence-corrected chi connectivity index (χ2v) is 7.82. The summed E-state index contributed by atoms with van der Waals surface area (Å²) in [5, 5.41) is 11.9. The standard InChI is InChI=1S/C24H25FN2O6/c1-12-19(15-11-14(25)5-6-16(15)27(12)7-8-28)21-20(23(29)26-24(21)30)13-9-17(31-2)22(33-4)18(10-13)32-3/h5-6,9-12,19,28H,7-8H2,1-4H3,(H,26,29,30). The van der Waals surface area contributed by atoms with Gasteiger partial charge in [-0.2, -0.15) is 0 Å². The normalized spacial score (nSPS) is 19.6. The van der Waals surface area contributed by atoms with Gasteiger partial charge in [0.2, 0.25) is 5.75 Å². The number of imide groups is 1. The van der Waals surface area contributed by atoms with Crippen LogP contribution in [-0.4, -0.2) is 57.4 Å². The first-order valence-corrected chi connectivity index (χ1v) is 10.4. The fourth-order valence-electron chi connectivity index (χ4n) is 4.80. The third-order valence-corrected chi connectivity index (χ3v) is 6.18. The molecule has 2 aliphatic heterocycles. The van der Waals surface area contributed by atoms with Gasteiger partial charge in [-0.05, 0) is 48.4 Å². The minimum Gasteiger partial charge on any atom is -0.493 e. The van der Waals surface area contributed by atoms with Gasteiger partial charge in [0.25, 0.3) is 11.8 Å². The Morgan fingerprint density at radius 3 is 2.27 bits per heavy atom. The quantitative estimate of drug-likeness (QED) is 0.617. The van der Waals surface area contributed by atoms with Crippen LogP contribution in [0, 0.1) is 5.82 Å². The number of rotatable bonds is 7. The monoisotopic (exact) mass is 456 g/mol. The molecule has 2 amide bonds. The van der Waals surface area contributed by atoms with Crippen LogP contribution in [0.1, 0.15) is 24.0 Å². The van der Waals surface area contributed by atoms with Crippen LogP contribution in [0.2, 0.25) is 0 Å². The Balaban J connectivity index is 1.96. The van der Waals surface area contributed by atoms with E-state index in [0.29, 0.717) is 40.6 Å². The number of hydrogen-bond acceptors (Lipinski definition) is 7. The molecule has 2 atom stereocenters. The molecule has 0 fully saturated rings. The zero-order valence-electron chi connectivity index (χ0n) is 18.8. The summed E-state index contributed by atoms with van der Waals surface area (Å²) in [6.07, 6.45) is 0. The fourth-order valence-corrected chi connectivity index (χ4v) is 4.80. The maximum absolute atomic E-state index is 14.2. The van der Waals surface area contributed by atoms with Crippen molar-refractivity contribution in [2.45, 2.75) is 18.9 Å². The summed E-state index contributed by atoms with van der Waals surface area (Å²) in [5.74, 6) is -1.13. The van der Waals surface area contributed by atoms with Gasteiger partial charge in [-0.25, -0.2) is 4.39 Å². The number of nitrogens with zero attached hydrogens (tertiary/aromatic N) is 1. The smallest absolute Gasteiger partial charge is 0.259 e. The first-order chi connectivity index (χ1) is 15.9. The number of anilines is 1. The van der Waals surface area contributed by atoms with Crippen LogP contribution in [0.25, 0.3) is 5.57 Å². The number of fused-ring (bicyclic) bond motifs is 1. The number of nitrogens with one attached hydrogen (secondary N) is 1. The van der Waals surface area contributed by atoms with E-state index >= 15 is 0 Å². The minimum atomic E-state index is -0.595. The van der Waals surface area contributed by atoms with E-state index in [1.807, 2.05) is 11.8 Å². The predicted octanol–water partition coefficient (Wildman–Crippen LogP) is 2.25. The number of carbonyl (C=O) groups is 2. The Bertz CT molecular complexity index is 1140. The number of carbonyl (C=O) groups excluding carboxylic acids is 2. The maximum Gasteiger partial charge on any atom is 0.259 e. The zero-order chi connectivity index (χ0) is 23.9. The van der Waals surface area contributed by atoms with Crippen molar-refractivity contribution in [1.29, 1.82) is 0 Å². The molecule has 0 saturated carbocycles. The van der Waals surface area contributed by atoms with Crippen molar-refractivity contribution >= 4 is 23.1 Å². The van der Waals surface area contributed by atoms with Crippen LogP contribution in [0.3, 0.4) is 0 Å². The first kappa shape index (κ1) is 22.6. The highest BCUT2D eigenvalue weighted by Crippen LogP contribution is 2.49. The lowest BCUT2D eigenvalue weighted by Crippen LogP contribution is -2.35. The van der Waals surface area contributed by atoms with Crippen LogP contribution >= 0.6 is 0 Å². The highest BCUT2D eigenvalue weighted by molar-refractivity contribution is 6.36. The molecular formula is C24H25FN2O6. The molecule has 0 aromatic heterocycles. The second kappa shape index (κ2) is 8.74. The number of benzene rings is 2. The Morgan fingerprint density at radius 2 is 1.70 bits per heavy atom. The SMILES string of the molecule is COc1cc(C2=C(C3c4cc(F)ccc4N(CCO)C3C)C(=O)NC2=O)cc(OC)c1OC. The van der Waals surface area contributed by atoms with Gasteiger partial charge in [-0.3, -0.25) is 14.9 Å². The molecule has 2 heterocycles. The van der Waals surface area contributed by atoms with Gasteiger partial charge < -0.3 is 24.2 Å². The average Bonchev–Trinajstić information content (AvgIpc) is 3.23. The van der Waals surface area contributed by atoms with Crippen LogP contribution in [0.15, 0.2) is 35.9 Å². The third kappa shape index (κ3) is 3.58. The second-order valence-electron chi connectivity index (χ2n) is 7.82. The van der Waals surface area contributed by atoms with E-state index in [0.717, 1.165) is 0 Å². The van der Waals surface area contributed by atoms with E-state index in [9.17, 15) is 19.1 Å². The van der Waals surface area contributed by atoms with E-state index in [2.05, 4.69) is 5.32 Å². The lowest BCUT2D eigenvalue weighted by Gasteiger charge is -2.27. The summed E-state index contributed by atoms with van der Waals surface area (Å²) in [6.45, 7) is 2.07. The maximum atomic E-state index is 14.2. The van der Waals surface area contributed by atoms with E-state index in [1.165, 1.54) is 33.5 Å². The number of hydrogen-bond donors (Lipinski definition) is 2. The topological polar surface area (TPSA) is 97.3 Å². The van der Waals surface area contributed by atoms with Crippen molar-refractivity contribution in [3.63, 3.8) is 0 Å². The first-order valence-electron chi connectivity index (χ1n) is 10.4. The molecule has 2 aromatic rings. The zero-order valence-corrected chi connectivity index (χ0v) is 18.8. The van der Waals surface area contributed by atoms with Gasteiger partial charge >= 0.3 is 0 Å². The molecule has 2 N–H and O–H groups in total. The van der Waals surface area contributed by atoms with Crippen molar-refractivity contribution < 1.29 is 33.3 Å². The molecule has 0 radical (unpaired) electrons. The van der Waals surface area contributed by atoms with Crippen LogP contribution < -0.4 is 24.4 Å². The molecule has 4 rings (SSSR count). The van der Waals surface area contributed by atoms with Crippen LogP contribution in [0.4, 0.5) is 10.1 Å². The van der Waals surface area contributed by atoms with Gasteiger partial charge in [0.1, 0.15) is 5.82 Å². The average molecular weight is 456 g/mol. The van der Waals surface area contributed by atoms with Gasteiger partial charge in [-0.1, -0.05) is 0 Å². The molecule has 0 spiro atoms. The molecule has 33 heavy (non-hydrogen) atoms. The van der Waals surface area contributed by atoms with E-state index in [-0.39, 0.29) is 23.8 Å². The van der Waals surface area contributed by atoms with E-state index in [1.54, 1.807) is 18.2 Å². The van der Waals surface area contributed by atoms with Crippen LogP contribution in [0.5, 0.6) is 17.2 Å². The van der Waals surface area contributed by atoms with Crippen molar-refractivity contribution in [1.82, 2.24) is 5.32 Å². The van der Waals surface area contributed by atoms with Gasteiger partial charge in [0.15, 0.2) is 11.5 Å². The largest absolute Gasteiger partial charge is 0.493 e. The fraction of sp³-hybridized carbons (Fsp3) is 0.333. The molecule has 8 nitrogen and oxygen atoms in total. The van der Waals surface area contributed by atoms with Crippen molar-refractivity contribution in [3.05, 3.63) is 52.8 Å². The number of methoxy groups -OCH3 is 3. The lowest BCUT2D eigenvalue weighted by atomic mass is 9.84. The number of aliphatic hydroxyl groups excluding tert-OH is 1. The van der Waals surface area contributed by atoms with E-state index < -0.39 is 23.5 Å². The third-order valence-electron chi connectivity index (χ3n) is 6.18. The Hall–Kier alpha value is -3.59. The minimum absolute atomic E-state index is 0.113. The summed E-state index contributed by atoms with van der Waals surface area (Å²) < 4.78 is 30.4. The van der Waals surface area contributed by atoms with Crippen molar-refractivity contribution in [3.8, 4) is 17.2 Å². The highest BCUT2D eigenvalue weighted by Gasteiger charge is 2.45. The molecule has 0 aliphatic carbocycles. The molecule has 0 bridgehead atoms. The summed E-state index contributed by atoms with van der Waals surface area (Å²) >= 11 is 0. The molecular weight excluding hydrogens is 431 g/mol.